The zero-order valence-corrected chi connectivity index (χ0v) is 14.9. The molecule has 2 N–H and O–H groups in total. The van der Waals surface area contributed by atoms with Gasteiger partial charge in [0.15, 0.2) is 0 Å². The van der Waals surface area contributed by atoms with Crippen molar-refractivity contribution in [3.8, 4) is 0 Å². The number of aryl methyl sites for hydroxylation is 1. The number of amides is 2. The van der Waals surface area contributed by atoms with Crippen molar-refractivity contribution in [2.24, 2.45) is 0 Å². The first-order valence-corrected chi connectivity index (χ1v) is 8.91. The molecule has 3 rings (SSSR count). The van der Waals surface area contributed by atoms with Crippen molar-refractivity contribution in [2.75, 3.05) is 18.4 Å². The summed E-state index contributed by atoms with van der Waals surface area (Å²) in [6, 6.07) is 13.9. The van der Waals surface area contributed by atoms with E-state index < -0.39 is 11.8 Å². The molecule has 0 bridgehead atoms. The van der Waals surface area contributed by atoms with E-state index >= 15 is 0 Å². The van der Waals surface area contributed by atoms with Crippen LogP contribution in [-0.4, -0.2) is 40.8 Å². The quantitative estimate of drug-likeness (QED) is 0.827. The van der Waals surface area contributed by atoms with Crippen molar-refractivity contribution in [2.45, 2.75) is 32.4 Å². The minimum absolute atomic E-state index is 0.0331. The van der Waals surface area contributed by atoms with E-state index in [0.717, 1.165) is 38.0 Å². The van der Waals surface area contributed by atoms with Gasteiger partial charge in [-0.05, 0) is 43.0 Å². The Morgan fingerprint density at radius 2 is 1.85 bits per heavy atom. The van der Waals surface area contributed by atoms with Crippen LogP contribution in [0.3, 0.4) is 0 Å². The molecule has 0 unspecified atom stereocenters. The second-order valence-electron chi connectivity index (χ2n) is 6.68. The number of nitrogens with zero attached hydrogens (tertiary/aromatic N) is 2. The first kappa shape index (κ1) is 18.1. The third-order valence-corrected chi connectivity index (χ3v) is 4.54. The average Bonchev–Trinajstić information content (AvgIpc) is 2.64. The van der Waals surface area contributed by atoms with Gasteiger partial charge in [0.1, 0.15) is 5.82 Å². The van der Waals surface area contributed by atoms with Gasteiger partial charge >= 0.3 is 11.8 Å². The number of pyridine rings is 1. The van der Waals surface area contributed by atoms with Crippen molar-refractivity contribution >= 4 is 17.6 Å². The first-order valence-electron chi connectivity index (χ1n) is 8.91. The summed E-state index contributed by atoms with van der Waals surface area (Å²) in [5.74, 6) is -0.882. The molecule has 2 amide bonds. The monoisotopic (exact) mass is 352 g/mol. The fraction of sp³-hybridized carbons (Fsp3) is 0.350. The van der Waals surface area contributed by atoms with E-state index in [1.165, 1.54) is 5.56 Å². The highest BCUT2D eigenvalue weighted by atomic mass is 16.2. The van der Waals surface area contributed by atoms with Crippen LogP contribution in [0.2, 0.25) is 0 Å². The zero-order chi connectivity index (χ0) is 18.4. The lowest BCUT2D eigenvalue weighted by atomic mass is 10.0. The molecule has 1 aromatic carbocycles. The van der Waals surface area contributed by atoms with E-state index in [1.807, 2.05) is 31.2 Å². The van der Waals surface area contributed by atoms with E-state index in [-0.39, 0.29) is 6.04 Å². The molecule has 2 aromatic rings. The van der Waals surface area contributed by atoms with Crippen LogP contribution in [0.1, 0.15) is 24.0 Å². The van der Waals surface area contributed by atoms with Gasteiger partial charge < -0.3 is 10.6 Å². The van der Waals surface area contributed by atoms with Crippen LogP contribution in [0, 0.1) is 6.92 Å². The molecule has 1 saturated heterocycles. The number of carbonyl (C=O) groups is 2. The Morgan fingerprint density at radius 1 is 1.12 bits per heavy atom. The largest absolute Gasteiger partial charge is 0.345 e. The van der Waals surface area contributed by atoms with Crippen LogP contribution in [0.4, 0.5) is 5.82 Å². The summed E-state index contributed by atoms with van der Waals surface area (Å²) in [5, 5.41) is 5.37. The molecular formula is C20H24N4O2. The second-order valence-corrected chi connectivity index (χ2v) is 6.68. The molecule has 6 heteroatoms. The number of hydrogen-bond donors (Lipinski definition) is 2. The highest BCUT2D eigenvalue weighted by Crippen LogP contribution is 2.14. The van der Waals surface area contributed by atoms with Crippen LogP contribution in [0.5, 0.6) is 0 Å². The second kappa shape index (κ2) is 8.58. The summed E-state index contributed by atoms with van der Waals surface area (Å²) in [4.78, 5) is 30.5. The van der Waals surface area contributed by atoms with Crippen molar-refractivity contribution in [3.05, 3.63) is 59.8 Å². The van der Waals surface area contributed by atoms with Gasteiger partial charge in [0.25, 0.3) is 0 Å². The van der Waals surface area contributed by atoms with Crippen LogP contribution in [-0.2, 0) is 16.1 Å². The Labute approximate surface area is 153 Å². The maximum Gasteiger partial charge on any atom is 0.314 e. The number of anilines is 1. The molecule has 1 aliphatic rings. The van der Waals surface area contributed by atoms with E-state index in [0.29, 0.717) is 5.82 Å². The molecule has 2 heterocycles. The predicted molar refractivity (Wildman–Crippen MR) is 100 cm³/mol. The van der Waals surface area contributed by atoms with Crippen molar-refractivity contribution in [3.63, 3.8) is 0 Å². The van der Waals surface area contributed by atoms with Crippen LogP contribution >= 0.6 is 0 Å². The number of benzene rings is 1. The van der Waals surface area contributed by atoms with Gasteiger partial charge in [-0.1, -0.05) is 30.3 Å². The molecule has 0 spiro atoms. The highest BCUT2D eigenvalue weighted by molar-refractivity contribution is 6.39. The van der Waals surface area contributed by atoms with E-state index in [2.05, 4.69) is 32.7 Å². The first-order chi connectivity index (χ1) is 12.6. The Bertz CT molecular complexity index is 755. The molecule has 26 heavy (non-hydrogen) atoms. The maximum atomic E-state index is 12.1. The van der Waals surface area contributed by atoms with Gasteiger partial charge in [-0.15, -0.1) is 0 Å². The molecule has 6 nitrogen and oxygen atoms in total. The van der Waals surface area contributed by atoms with Crippen molar-refractivity contribution in [1.82, 2.24) is 15.2 Å². The number of hydrogen-bond acceptors (Lipinski definition) is 4. The number of rotatable bonds is 4. The number of carbonyl (C=O) groups excluding carboxylic acids is 2. The topological polar surface area (TPSA) is 74.3 Å². The van der Waals surface area contributed by atoms with Crippen LogP contribution in [0.15, 0.2) is 48.7 Å². The van der Waals surface area contributed by atoms with E-state index in [9.17, 15) is 9.59 Å². The molecule has 1 aromatic heterocycles. The Kier molecular flexibility index (Phi) is 5.96. The minimum atomic E-state index is -0.671. The van der Waals surface area contributed by atoms with Gasteiger partial charge in [-0.2, -0.15) is 0 Å². The summed E-state index contributed by atoms with van der Waals surface area (Å²) in [6.45, 7) is 4.63. The molecule has 0 radical (unpaired) electrons. The van der Waals surface area contributed by atoms with Crippen LogP contribution in [0.25, 0.3) is 0 Å². The lowest BCUT2D eigenvalue weighted by Crippen LogP contribution is -2.47. The van der Waals surface area contributed by atoms with Gasteiger partial charge in [0.2, 0.25) is 0 Å². The summed E-state index contributed by atoms with van der Waals surface area (Å²) in [5.41, 5.74) is 2.27. The molecule has 0 atom stereocenters. The van der Waals surface area contributed by atoms with Gasteiger partial charge in [-0.25, -0.2) is 4.98 Å². The van der Waals surface area contributed by atoms with Crippen molar-refractivity contribution in [1.29, 1.82) is 0 Å². The standard InChI is InChI=1S/C20H24N4O2/c1-15-7-10-21-18(13-15)23-20(26)19(25)22-17-8-11-24(12-9-17)14-16-5-3-2-4-6-16/h2-7,10,13,17H,8-9,11-12,14H2,1H3,(H,22,25)(H,21,23,26). The Hall–Kier alpha value is -2.73. The number of nitrogens with one attached hydrogen (secondary N) is 2. The zero-order valence-electron chi connectivity index (χ0n) is 14.9. The molecule has 1 aliphatic heterocycles. The van der Waals surface area contributed by atoms with Gasteiger partial charge in [-0.3, -0.25) is 14.5 Å². The van der Waals surface area contributed by atoms with E-state index in [4.69, 9.17) is 0 Å². The number of piperidine rings is 1. The Balaban J connectivity index is 1.43. The van der Waals surface area contributed by atoms with Gasteiger partial charge in [0, 0.05) is 31.9 Å². The lowest BCUT2D eigenvalue weighted by molar-refractivity contribution is -0.136. The average molecular weight is 352 g/mol. The summed E-state index contributed by atoms with van der Waals surface area (Å²) in [6.07, 6.45) is 3.29. The minimum Gasteiger partial charge on any atom is -0.345 e. The smallest absolute Gasteiger partial charge is 0.314 e. The normalized spacial score (nSPS) is 15.4. The number of aromatic nitrogens is 1. The fourth-order valence-corrected chi connectivity index (χ4v) is 3.11. The maximum absolute atomic E-state index is 12.1. The fourth-order valence-electron chi connectivity index (χ4n) is 3.11. The molecule has 1 fully saturated rings. The molecular weight excluding hydrogens is 328 g/mol. The third-order valence-electron chi connectivity index (χ3n) is 4.54. The Morgan fingerprint density at radius 3 is 2.54 bits per heavy atom. The van der Waals surface area contributed by atoms with Gasteiger partial charge in [0.05, 0.1) is 0 Å². The summed E-state index contributed by atoms with van der Waals surface area (Å²) >= 11 is 0. The highest BCUT2D eigenvalue weighted by Gasteiger charge is 2.23. The predicted octanol–water partition coefficient (Wildman–Crippen LogP) is 2.11. The lowest BCUT2D eigenvalue weighted by Gasteiger charge is -2.32. The molecule has 0 saturated carbocycles. The molecule has 136 valence electrons. The summed E-state index contributed by atoms with van der Waals surface area (Å²) < 4.78 is 0. The van der Waals surface area contributed by atoms with Crippen LogP contribution < -0.4 is 10.6 Å². The third kappa shape index (κ3) is 5.13. The molecule has 0 aliphatic carbocycles. The van der Waals surface area contributed by atoms with E-state index in [1.54, 1.807) is 12.3 Å². The van der Waals surface area contributed by atoms with Crippen molar-refractivity contribution < 1.29 is 9.59 Å². The SMILES string of the molecule is Cc1ccnc(NC(=O)C(=O)NC2CCN(Cc3ccccc3)CC2)c1. The number of likely N-dealkylation sites (tertiary alicyclic amines) is 1. The summed E-state index contributed by atoms with van der Waals surface area (Å²) in [7, 11) is 0.